The summed E-state index contributed by atoms with van der Waals surface area (Å²) in [5, 5.41) is 3.53. The summed E-state index contributed by atoms with van der Waals surface area (Å²) in [6.45, 7) is 9.32. The maximum absolute atomic E-state index is 5.52. The molecule has 0 aromatic heterocycles. The van der Waals surface area contributed by atoms with Crippen molar-refractivity contribution in [1.82, 2.24) is 10.2 Å². The van der Waals surface area contributed by atoms with Crippen molar-refractivity contribution in [3.05, 3.63) is 0 Å². The van der Waals surface area contributed by atoms with Gasteiger partial charge in [0.05, 0.1) is 6.61 Å². The number of methoxy groups -OCH3 is 1. The van der Waals surface area contributed by atoms with Gasteiger partial charge in [-0.15, -0.1) is 0 Å². The molecule has 0 aromatic carbocycles. The summed E-state index contributed by atoms with van der Waals surface area (Å²) in [4.78, 5) is 2.42. The number of rotatable bonds is 9. The Hall–Kier alpha value is -0.160. The van der Waals surface area contributed by atoms with E-state index in [-0.39, 0.29) is 0 Å². The van der Waals surface area contributed by atoms with Crippen LogP contribution in [0.4, 0.5) is 0 Å². The van der Waals surface area contributed by atoms with Gasteiger partial charge in [0.1, 0.15) is 0 Å². The second-order valence-electron chi connectivity index (χ2n) is 5.75. The van der Waals surface area contributed by atoms with Gasteiger partial charge in [-0.05, 0) is 44.8 Å². The Labute approximate surface area is 112 Å². The summed E-state index contributed by atoms with van der Waals surface area (Å²) in [5.74, 6) is 0. The van der Waals surface area contributed by atoms with Crippen LogP contribution in [0, 0.1) is 5.41 Å². The molecule has 1 saturated heterocycles. The molecule has 0 spiro atoms. The van der Waals surface area contributed by atoms with E-state index in [1.807, 2.05) is 0 Å². The van der Waals surface area contributed by atoms with Crippen LogP contribution in [-0.4, -0.2) is 65.1 Å². The summed E-state index contributed by atoms with van der Waals surface area (Å²) < 4.78 is 10.5. The zero-order valence-electron chi connectivity index (χ0n) is 12.3. The highest BCUT2D eigenvalue weighted by Gasteiger charge is 2.27. The second kappa shape index (κ2) is 8.86. The van der Waals surface area contributed by atoms with Gasteiger partial charge in [0, 0.05) is 33.4 Å². The number of nitrogens with zero attached hydrogens (tertiary/aromatic N) is 1. The van der Waals surface area contributed by atoms with E-state index in [2.05, 4.69) is 24.2 Å². The van der Waals surface area contributed by atoms with Crippen molar-refractivity contribution in [3.8, 4) is 0 Å². The number of nitrogens with one attached hydrogen (secondary N) is 1. The van der Waals surface area contributed by atoms with Crippen molar-refractivity contribution < 1.29 is 9.47 Å². The molecule has 0 amide bonds. The SMILES string of the molecule is COCCCOCCNCC1(C)CCN(C)CC1. The lowest BCUT2D eigenvalue weighted by molar-refractivity contribution is 0.0981. The van der Waals surface area contributed by atoms with Gasteiger partial charge in [-0.2, -0.15) is 0 Å². The number of likely N-dealkylation sites (tertiary alicyclic amines) is 1. The van der Waals surface area contributed by atoms with Gasteiger partial charge >= 0.3 is 0 Å². The fraction of sp³-hybridized carbons (Fsp3) is 1.00. The first-order valence-corrected chi connectivity index (χ1v) is 7.12. The maximum atomic E-state index is 5.52. The van der Waals surface area contributed by atoms with Gasteiger partial charge in [0.2, 0.25) is 0 Å². The van der Waals surface area contributed by atoms with Crippen LogP contribution < -0.4 is 5.32 Å². The van der Waals surface area contributed by atoms with Crippen LogP contribution in [-0.2, 0) is 9.47 Å². The molecule has 1 aliphatic rings. The zero-order chi connectivity index (χ0) is 13.3. The first-order chi connectivity index (χ1) is 8.66. The average molecular weight is 258 g/mol. The molecular formula is C14H30N2O2. The predicted octanol–water partition coefficient (Wildman–Crippen LogP) is 1.36. The third-order valence-corrected chi connectivity index (χ3v) is 3.81. The van der Waals surface area contributed by atoms with Crippen molar-refractivity contribution >= 4 is 0 Å². The summed E-state index contributed by atoms with van der Waals surface area (Å²) in [5.41, 5.74) is 0.475. The molecule has 0 saturated carbocycles. The summed E-state index contributed by atoms with van der Waals surface area (Å²) in [6, 6.07) is 0. The fourth-order valence-electron chi connectivity index (χ4n) is 2.28. The molecule has 18 heavy (non-hydrogen) atoms. The number of ether oxygens (including phenoxy) is 2. The second-order valence-corrected chi connectivity index (χ2v) is 5.75. The minimum atomic E-state index is 0.475. The van der Waals surface area contributed by atoms with Crippen molar-refractivity contribution in [2.75, 3.05) is 60.2 Å². The minimum Gasteiger partial charge on any atom is -0.385 e. The smallest absolute Gasteiger partial charge is 0.0590 e. The molecule has 0 radical (unpaired) electrons. The van der Waals surface area contributed by atoms with Crippen LogP contribution >= 0.6 is 0 Å². The van der Waals surface area contributed by atoms with Gasteiger partial charge in [0.25, 0.3) is 0 Å². The largest absolute Gasteiger partial charge is 0.385 e. The third-order valence-electron chi connectivity index (χ3n) is 3.81. The van der Waals surface area contributed by atoms with Gasteiger partial charge < -0.3 is 19.7 Å². The number of hydrogen-bond acceptors (Lipinski definition) is 4. The highest BCUT2D eigenvalue weighted by Crippen LogP contribution is 2.29. The number of piperidine rings is 1. The third kappa shape index (κ3) is 6.69. The highest BCUT2D eigenvalue weighted by molar-refractivity contribution is 4.83. The molecule has 0 aromatic rings. The van der Waals surface area contributed by atoms with Crippen molar-refractivity contribution in [2.45, 2.75) is 26.2 Å². The van der Waals surface area contributed by atoms with Gasteiger partial charge in [-0.3, -0.25) is 0 Å². The zero-order valence-corrected chi connectivity index (χ0v) is 12.3. The van der Waals surface area contributed by atoms with E-state index in [1.165, 1.54) is 25.9 Å². The van der Waals surface area contributed by atoms with E-state index < -0.39 is 0 Å². The Morgan fingerprint density at radius 2 is 1.89 bits per heavy atom. The Morgan fingerprint density at radius 1 is 1.17 bits per heavy atom. The summed E-state index contributed by atoms with van der Waals surface area (Å²) in [7, 11) is 3.94. The van der Waals surface area contributed by atoms with Crippen molar-refractivity contribution in [3.63, 3.8) is 0 Å². The fourth-order valence-corrected chi connectivity index (χ4v) is 2.28. The van der Waals surface area contributed by atoms with Crippen LogP contribution in [0.25, 0.3) is 0 Å². The van der Waals surface area contributed by atoms with E-state index in [4.69, 9.17) is 9.47 Å². The molecule has 1 fully saturated rings. The standard InChI is InChI=1S/C14H30N2O2/c1-14(5-8-16(2)9-6-14)13-15-7-12-18-11-4-10-17-3/h15H,4-13H2,1-3H3. The van der Waals surface area contributed by atoms with Crippen LogP contribution in [0.5, 0.6) is 0 Å². The molecule has 108 valence electrons. The van der Waals surface area contributed by atoms with E-state index in [1.54, 1.807) is 7.11 Å². The van der Waals surface area contributed by atoms with Crippen molar-refractivity contribution in [1.29, 1.82) is 0 Å². The van der Waals surface area contributed by atoms with Crippen LogP contribution in [0.3, 0.4) is 0 Å². The highest BCUT2D eigenvalue weighted by atomic mass is 16.5. The molecule has 1 N–H and O–H groups in total. The van der Waals surface area contributed by atoms with Crippen LogP contribution in [0.2, 0.25) is 0 Å². The maximum Gasteiger partial charge on any atom is 0.0590 e. The monoisotopic (exact) mass is 258 g/mol. The summed E-state index contributed by atoms with van der Waals surface area (Å²) >= 11 is 0. The van der Waals surface area contributed by atoms with Crippen LogP contribution in [0.15, 0.2) is 0 Å². The molecular weight excluding hydrogens is 228 g/mol. The lowest BCUT2D eigenvalue weighted by Gasteiger charge is -2.38. The quantitative estimate of drug-likeness (QED) is 0.633. The molecule has 0 aliphatic carbocycles. The topological polar surface area (TPSA) is 33.7 Å². The predicted molar refractivity (Wildman–Crippen MR) is 75.0 cm³/mol. The molecule has 0 atom stereocenters. The van der Waals surface area contributed by atoms with Gasteiger partial charge in [-0.25, -0.2) is 0 Å². The average Bonchev–Trinajstić information content (AvgIpc) is 2.37. The van der Waals surface area contributed by atoms with Gasteiger partial charge in [-0.1, -0.05) is 6.92 Å². The molecule has 1 aliphatic heterocycles. The van der Waals surface area contributed by atoms with Gasteiger partial charge in [0.15, 0.2) is 0 Å². The Morgan fingerprint density at radius 3 is 2.56 bits per heavy atom. The number of hydrogen-bond donors (Lipinski definition) is 1. The van der Waals surface area contributed by atoms with E-state index >= 15 is 0 Å². The van der Waals surface area contributed by atoms with Crippen LogP contribution in [0.1, 0.15) is 26.2 Å². The Bertz CT molecular complexity index is 204. The lowest BCUT2D eigenvalue weighted by atomic mass is 9.80. The molecule has 0 bridgehead atoms. The lowest BCUT2D eigenvalue weighted by Crippen LogP contribution is -2.42. The Balaban J connectivity index is 1.94. The first kappa shape index (κ1) is 15.9. The molecule has 0 unspecified atom stereocenters. The molecule has 1 rings (SSSR count). The van der Waals surface area contributed by atoms with E-state index in [0.717, 1.165) is 39.3 Å². The molecule has 1 heterocycles. The van der Waals surface area contributed by atoms with E-state index in [9.17, 15) is 0 Å². The Kier molecular flexibility index (Phi) is 7.82. The molecule has 4 nitrogen and oxygen atoms in total. The summed E-state index contributed by atoms with van der Waals surface area (Å²) in [6.07, 6.45) is 3.58. The normalized spacial score (nSPS) is 20.2. The first-order valence-electron chi connectivity index (χ1n) is 7.12. The minimum absolute atomic E-state index is 0.475. The van der Waals surface area contributed by atoms with E-state index in [0.29, 0.717) is 5.41 Å². The molecule has 4 heteroatoms. The van der Waals surface area contributed by atoms with Crippen molar-refractivity contribution in [2.24, 2.45) is 5.41 Å².